The van der Waals surface area contributed by atoms with Crippen molar-refractivity contribution in [2.45, 2.75) is 12.5 Å². The normalized spacial score (nSPS) is 11.7. The highest BCUT2D eigenvalue weighted by Crippen LogP contribution is 2.42. The van der Waals surface area contributed by atoms with Gasteiger partial charge in [0.15, 0.2) is 5.78 Å². The van der Waals surface area contributed by atoms with E-state index in [4.69, 9.17) is 4.98 Å². The van der Waals surface area contributed by atoms with E-state index >= 15 is 0 Å². The van der Waals surface area contributed by atoms with Crippen molar-refractivity contribution in [1.82, 2.24) is 9.55 Å². The summed E-state index contributed by atoms with van der Waals surface area (Å²) in [5, 5.41) is 2.00. The fourth-order valence-corrected chi connectivity index (χ4v) is 5.57. The van der Waals surface area contributed by atoms with Crippen LogP contribution in [0.25, 0.3) is 16.8 Å². The van der Waals surface area contributed by atoms with E-state index in [9.17, 15) is 4.79 Å². The average molecular weight is 505 g/mol. The predicted molar refractivity (Wildman–Crippen MR) is 159 cm³/mol. The Hall–Kier alpha value is -5.02. The standard InChI is InChI=1S/C36H28N2O/c1-27-34(24-25-35(39)33-23-13-15-28-14-11-12-22-32(28)33)37-26-38(27)36(29-16-5-2-6-17-29,30-18-7-3-8-19-30)31-20-9-4-10-21-31/h2-26H,1H3. The Kier molecular flexibility index (Phi) is 6.48. The van der Waals surface area contributed by atoms with Gasteiger partial charge in [0, 0.05) is 11.3 Å². The number of carbonyl (C=O) groups is 1. The molecule has 0 aliphatic carbocycles. The summed E-state index contributed by atoms with van der Waals surface area (Å²) in [5.74, 6) is -0.0406. The van der Waals surface area contributed by atoms with Crippen molar-refractivity contribution in [2.75, 3.05) is 0 Å². The molecule has 39 heavy (non-hydrogen) atoms. The second kappa shape index (κ2) is 10.4. The summed E-state index contributed by atoms with van der Waals surface area (Å²) in [4.78, 5) is 18.1. The predicted octanol–water partition coefficient (Wildman–Crippen LogP) is 8.08. The summed E-state index contributed by atoms with van der Waals surface area (Å²) in [7, 11) is 0. The molecule has 0 unspecified atom stereocenters. The molecule has 3 heteroatoms. The molecule has 6 aromatic rings. The van der Waals surface area contributed by atoms with Gasteiger partial charge in [0.25, 0.3) is 0 Å². The van der Waals surface area contributed by atoms with Crippen LogP contribution in [-0.2, 0) is 5.54 Å². The fraction of sp³-hybridized carbons (Fsp3) is 0.0556. The highest BCUT2D eigenvalue weighted by molar-refractivity contribution is 6.14. The number of hydrogen-bond acceptors (Lipinski definition) is 2. The first-order valence-corrected chi connectivity index (χ1v) is 13.1. The third kappa shape index (κ3) is 4.28. The van der Waals surface area contributed by atoms with E-state index in [1.807, 2.05) is 73.1 Å². The van der Waals surface area contributed by atoms with Crippen molar-refractivity contribution in [1.29, 1.82) is 0 Å². The summed E-state index contributed by atoms with van der Waals surface area (Å²) in [5.41, 5.74) is 5.16. The lowest BCUT2D eigenvalue weighted by molar-refractivity contribution is 0.104. The summed E-state index contributed by atoms with van der Waals surface area (Å²) in [6.07, 6.45) is 5.36. The van der Waals surface area contributed by atoms with Gasteiger partial charge in [0.1, 0.15) is 5.54 Å². The highest BCUT2D eigenvalue weighted by Gasteiger charge is 2.39. The number of ketones is 1. The molecular formula is C36H28N2O. The number of nitrogens with zero attached hydrogens (tertiary/aromatic N) is 2. The fourth-order valence-electron chi connectivity index (χ4n) is 5.57. The van der Waals surface area contributed by atoms with E-state index in [1.165, 1.54) is 0 Å². The molecule has 3 nitrogen and oxygen atoms in total. The molecule has 1 aromatic heterocycles. The van der Waals surface area contributed by atoms with Crippen LogP contribution in [0, 0.1) is 6.92 Å². The van der Waals surface area contributed by atoms with Crippen LogP contribution < -0.4 is 0 Å². The van der Waals surface area contributed by atoms with Crippen molar-refractivity contribution in [3.05, 3.63) is 180 Å². The van der Waals surface area contributed by atoms with Crippen LogP contribution in [-0.4, -0.2) is 15.3 Å². The number of fused-ring (bicyclic) bond motifs is 1. The van der Waals surface area contributed by atoms with E-state index in [0.29, 0.717) is 5.56 Å². The van der Waals surface area contributed by atoms with Crippen LogP contribution >= 0.6 is 0 Å². The minimum Gasteiger partial charge on any atom is -0.316 e. The van der Waals surface area contributed by atoms with Gasteiger partial charge < -0.3 is 4.57 Å². The Bertz CT molecular complexity index is 1670. The highest BCUT2D eigenvalue weighted by atomic mass is 16.1. The molecule has 0 N–H and O–H groups in total. The van der Waals surface area contributed by atoms with E-state index in [-0.39, 0.29) is 5.78 Å². The molecule has 0 fully saturated rings. The molecular weight excluding hydrogens is 476 g/mol. The molecule has 0 spiro atoms. The minimum absolute atomic E-state index is 0.0406. The van der Waals surface area contributed by atoms with Gasteiger partial charge in [-0.25, -0.2) is 4.98 Å². The Morgan fingerprint density at radius 2 is 1.18 bits per heavy atom. The quantitative estimate of drug-likeness (QED) is 0.125. The van der Waals surface area contributed by atoms with E-state index in [1.54, 1.807) is 6.08 Å². The number of rotatable bonds is 7. The molecule has 0 atom stereocenters. The Labute approximate surface area is 228 Å². The largest absolute Gasteiger partial charge is 0.316 e. The van der Waals surface area contributed by atoms with Crippen LogP contribution in [0.1, 0.15) is 38.4 Å². The zero-order valence-electron chi connectivity index (χ0n) is 21.7. The van der Waals surface area contributed by atoms with E-state index < -0.39 is 5.54 Å². The number of aromatic nitrogens is 2. The number of imidazole rings is 1. The summed E-state index contributed by atoms with van der Waals surface area (Å²) >= 11 is 0. The molecule has 0 bridgehead atoms. The molecule has 0 aliphatic heterocycles. The molecule has 0 saturated heterocycles. The zero-order chi connectivity index (χ0) is 26.7. The molecule has 188 valence electrons. The summed E-state index contributed by atoms with van der Waals surface area (Å²) < 4.78 is 2.23. The van der Waals surface area contributed by atoms with E-state index in [2.05, 4.69) is 84.3 Å². The van der Waals surface area contributed by atoms with Gasteiger partial charge in [-0.2, -0.15) is 0 Å². The van der Waals surface area contributed by atoms with Gasteiger partial charge in [-0.15, -0.1) is 0 Å². The lowest BCUT2D eigenvalue weighted by atomic mass is 9.76. The second-order valence-corrected chi connectivity index (χ2v) is 9.62. The van der Waals surface area contributed by atoms with Gasteiger partial charge >= 0.3 is 0 Å². The van der Waals surface area contributed by atoms with Gasteiger partial charge in [0.05, 0.1) is 12.0 Å². The topological polar surface area (TPSA) is 34.9 Å². The van der Waals surface area contributed by atoms with Crippen molar-refractivity contribution in [3.8, 4) is 0 Å². The van der Waals surface area contributed by atoms with Crippen LogP contribution in [0.5, 0.6) is 0 Å². The number of hydrogen-bond donors (Lipinski definition) is 0. The van der Waals surface area contributed by atoms with Gasteiger partial charge in [-0.3, -0.25) is 4.79 Å². The third-order valence-corrected chi connectivity index (χ3v) is 7.43. The zero-order valence-corrected chi connectivity index (χ0v) is 21.7. The molecule has 0 radical (unpaired) electrons. The Balaban J connectivity index is 1.49. The van der Waals surface area contributed by atoms with Gasteiger partial charge in [-0.05, 0) is 46.5 Å². The molecule has 0 amide bonds. The first-order chi connectivity index (χ1) is 19.2. The van der Waals surface area contributed by atoms with Gasteiger partial charge in [0.2, 0.25) is 0 Å². The van der Waals surface area contributed by atoms with Crippen molar-refractivity contribution in [3.63, 3.8) is 0 Å². The summed E-state index contributed by atoms with van der Waals surface area (Å²) in [6.45, 7) is 2.07. The molecule has 0 aliphatic rings. The molecule has 0 saturated carbocycles. The smallest absolute Gasteiger partial charge is 0.186 e. The van der Waals surface area contributed by atoms with Crippen molar-refractivity contribution < 1.29 is 4.79 Å². The maximum absolute atomic E-state index is 13.3. The van der Waals surface area contributed by atoms with Crippen molar-refractivity contribution >= 4 is 22.6 Å². The molecule has 5 aromatic carbocycles. The summed E-state index contributed by atoms with van der Waals surface area (Å²) in [6, 6.07) is 45.4. The monoisotopic (exact) mass is 504 g/mol. The number of benzene rings is 5. The van der Waals surface area contributed by atoms with Crippen molar-refractivity contribution in [2.24, 2.45) is 0 Å². The Morgan fingerprint density at radius 1 is 0.667 bits per heavy atom. The Morgan fingerprint density at radius 3 is 1.77 bits per heavy atom. The van der Waals surface area contributed by atoms with Crippen LogP contribution in [0.3, 0.4) is 0 Å². The van der Waals surface area contributed by atoms with Crippen LogP contribution in [0.4, 0.5) is 0 Å². The maximum Gasteiger partial charge on any atom is 0.186 e. The number of allylic oxidation sites excluding steroid dienone is 1. The minimum atomic E-state index is -0.646. The molecule has 6 rings (SSSR count). The average Bonchev–Trinajstić information content (AvgIpc) is 3.37. The van der Waals surface area contributed by atoms with Crippen LogP contribution in [0.15, 0.2) is 146 Å². The van der Waals surface area contributed by atoms with E-state index in [0.717, 1.165) is 38.9 Å². The number of carbonyl (C=O) groups excluding carboxylic acids is 1. The lowest BCUT2D eigenvalue weighted by Crippen LogP contribution is -2.38. The third-order valence-electron chi connectivity index (χ3n) is 7.43. The second-order valence-electron chi connectivity index (χ2n) is 9.62. The van der Waals surface area contributed by atoms with Gasteiger partial charge in [-0.1, -0.05) is 133 Å². The maximum atomic E-state index is 13.3. The lowest BCUT2D eigenvalue weighted by Gasteiger charge is -2.38. The SMILES string of the molecule is Cc1c(C=CC(=O)c2cccc3ccccc23)ncn1C(c1ccccc1)(c1ccccc1)c1ccccc1. The van der Waals surface area contributed by atoms with Crippen LogP contribution in [0.2, 0.25) is 0 Å². The first kappa shape index (κ1) is 24.3. The first-order valence-electron chi connectivity index (χ1n) is 13.1. The molecule has 1 heterocycles.